The van der Waals surface area contributed by atoms with Crippen molar-refractivity contribution in [1.82, 2.24) is 0 Å². The summed E-state index contributed by atoms with van der Waals surface area (Å²) in [5.41, 5.74) is 7.92. The summed E-state index contributed by atoms with van der Waals surface area (Å²) >= 11 is 0. The Morgan fingerprint density at radius 1 is 0.273 bits per heavy atom. The first-order valence-electron chi connectivity index (χ1n) is 30.4. The Kier molecular flexibility index (Phi) is 20.0. The fourth-order valence-electron chi connectivity index (χ4n) is 10.4. The minimum Gasteiger partial charge on any atom is -0.491 e. The maximum Gasteiger partial charge on any atom is 0.122 e. The Morgan fingerprint density at radius 3 is 0.545 bits per heavy atom. The van der Waals surface area contributed by atoms with Gasteiger partial charge in [-0.1, -0.05) is 152 Å². The van der Waals surface area contributed by atoms with Crippen molar-refractivity contribution in [2.75, 3.05) is 66.1 Å². The van der Waals surface area contributed by atoms with Gasteiger partial charge in [-0.25, -0.2) is 0 Å². The molecular formula is C75H84O13. The molecule has 0 aromatic heterocycles. The van der Waals surface area contributed by atoms with Gasteiger partial charge in [0.1, 0.15) is 129 Å². The highest BCUT2D eigenvalue weighted by Gasteiger charge is 2.29. The molecule has 0 aliphatic carbocycles. The largest absolute Gasteiger partial charge is 0.491 e. The van der Waals surface area contributed by atoms with E-state index in [2.05, 4.69) is 104 Å². The fraction of sp³-hybridized carbons (Fsp3) is 0.360. The Balaban J connectivity index is 0.600. The monoisotopic (exact) mass is 1190 g/mol. The summed E-state index contributed by atoms with van der Waals surface area (Å²) in [6.45, 7) is 20.6. The van der Waals surface area contributed by atoms with Gasteiger partial charge in [0.05, 0.1) is 13.2 Å². The van der Waals surface area contributed by atoms with Crippen LogP contribution >= 0.6 is 0 Å². The summed E-state index contributed by atoms with van der Waals surface area (Å²) in [5.74, 6) is 5.62. The molecule has 8 aromatic rings. The van der Waals surface area contributed by atoms with Gasteiger partial charge in [-0.3, -0.25) is 0 Å². The summed E-state index contributed by atoms with van der Waals surface area (Å²) in [6, 6.07) is 64.1. The Bertz CT molecular complexity index is 3190. The minimum atomic E-state index is -0.851. The maximum absolute atomic E-state index is 10.8. The van der Waals surface area contributed by atoms with E-state index >= 15 is 0 Å². The van der Waals surface area contributed by atoms with E-state index in [1.165, 1.54) is 11.1 Å². The van der Waals surface area contributed by atoms with Gasteiger partial charge < -0.3 is 62.7 Å². The summed E-state index contributed by atoms with van der Waals surface area (Å²) in [6.07, 6.45) is -2.06. The molecule has 3 N–H and O–H groups in total. The predicted octanol–water partition coefficient (Wildman–Crippen LogP) is 13.0. The molecule has 8 aromatic carbocycles. The number of aliphatic hydroxyl groups is 3. The van der Waals surface area contributed by atoms with Crippen LogP contribution in [0, 0.1) is 0 Å². The minimum absolute atomic E-state index is 0.0672. The van der Waals surface area contributed by atoms with Crippen molar-refractivity contribution in [3.63, 3.8) is 0 Å². The first-order chi connectivity index (χ1) is 42.3. The van der Waals surface area contributed by atoms with Crippen LogP contribution in [0.2, 0.25) is 0 Å². The quantitative estimate of drug-likeness (QED) is 0.0342. The van der Waals surface area contributed by atoms with E-state index in [0.29, 0.717) is 47.7 Å². The van der Waals surface area contributed by atoms with Crippen LogP contribution < -0.4 is 37.9 Å². The lowest BCUT2D eigenvalue weighted by Crippen LogP contribution is -2.25. The number of aliphatic hydroxyl groups excluding tert-OH is 3. The Morgan fingerprint density at radius 2 is 0.409 bits per heavy atom. The van der Waals surface area contributed by atoms with E-state index in [1.807, 2.05) is 146 Å². The average Bonchev–Trinajstić information content (AvgIpc) is 2.56. The highest BCUT2D eigenvalue weighted by molar-refractivity contribution is 5.46. The number of epoxide rings is 2. The lowest BCUT2D eigenvalue weighted by Gasteiger charge is -2.27. The van der Waals surface area contributed by atoms with E-state index in [-0.39, 0.29) is 73.5 Å². The Hall–Kier alpha value is -8.04. The molecule has 13 heteroatoms. The van der Waals surface area contributed by atoms with Crippen LogP contribution in [-0.2, 0) is 31.1 Å². The van der Waals surface area contributed by atoms with Gasteiger partial charge in [0.15, 0.2) is 0 Å². The number of benzene rings is 8. The molecule has 0 saturated carbocycles. The van der Waals surface area contributed by atoms with E-state index in [1.54, 1.807) is 0 Å². The third-order valence-corrected chi connectivity index (χ3v) is 16.9. The molecule has 2 aliphatic heterocycles. The first kappa shape index (κ1) is 63.0. The molecule has 0 amide bonds. The topological polar surface area (TPSA) is 160 Å². The highest BCUT2D eigenvalue weighted by Crippen LogP contribution is 2.38. The van der Waals surface area contributed by atoms with Gasteiger partial charge in [0, 0.05) is 21.7 Å². The SMILES string of the molecule is CC(C)(c1ccc(OCC(O)COc2ccc(C(C)(C)c3ccc(OCC(O)COc4ccc(C(C)(C)c5ccc(OCC6CO6)cc5)cc4)cc3)cc2)cc1)c1ccc(OCC(O)COc2ccc(C(C)(C)c3ccc(OCC4CO4)cc3)cc2)cc1. The molecule has 4 unspecified atom stereocenters. The second-order valence-corrected chi connectivity index (χ2v) is 25.1. The summed E-state index contributed by atoms with van der Waals surface area (Å²) in [4.78, 5) is 0. The lowest BCUT2D eigenvalue weighted by molar-refractivity contribution is 0.0626. The number of ether oxygens (including phenoxy) is 10. The van der Waals surface area contributed by atoms with Gasteiger partial charge in [0.2, 0.25) is 0 Å². The number of rotatable bonds is 32. The number of hydrogen-bond donors (Lipinski definition) is 3. The smallest absolute Gasteiger partial charge is 0.122 e. The third-order valence-electron chi connectivity index (χ3n) is 16.9. The first-order valence-corrected chi connectivity index (χ1v) is 30.4. The zero-order valence-electron chi connectivity index (χ0n) is 51.9. The van der Waals surface area contributed by atoms with E-state index < -0.39 is 18.3 Å². The van der Waals surface area contributed by atoms with Crippen LogP contribution in [-0.4, -0.2) is 112 Å². The van der Waals surface area contributed by atoms with Crippen LogP contribution in [0.25, 0.3) is 0 Å². The normalized spacial score (nSPS) is 15.9. The molecule has 13 nitrogen and oxygen atoms in total. The molecule has 2 aliphatic rings. The van der Waals surface area contributed by atoms with Gasteiger partial charge in [-0.05, 0) is 142 Å². The molecule has 2 saturated heterocycles. The van der Waals surface area contributed by atoms with Crippen molar-refractivity contribution < 1.29 is 62.7 Å². The van der Waals surface area contributed by atoms with Crippen molar-refractivity contribution in [1.29, 1.82) is 0 Å². The fourth-order valence-corrected chi connectivity index (χ4v) is 10.4. The van der Waals surface area contributed by atoms with Crippen LogP contribution in [0.15, 0.2) is 194 Å². The third kappa shape index (κ3) is 16.8. The molecule has 0 spiro atoms. The molecule has 4 atom stereocenters. The highest BCUT2D eigenvalue weighted by atomic mass is 16.6. The molecular weight excluding hydrogens is 1110 g/mol. The van der Waals surface area contributed by atoms with Gasteiger partial charge in [-0.15, -0.1) is 0 Å². The average molecular weight is 1190 g/mol. The van der Waals surface area contributed by atoms with Gasteiger partial charge in [0.25, 0.3) is 0 Å². The van der Waals surface area contributed by atoms with Crippen molar-refractivity contribution in [2.45, 2.75) is 108 Å². The number of hydrogen-bond acceptors (Lipinski definition) is 13. The summed E-state index contributed by atoms with van der Waals surface area (Å²) in [7, 11) is 0. The van der Waals surface area contributed by atoms with Crippen molar-refractivity contribution in [3.8, 4) is 46.0 Å². The second-order valence-electron chi connectivity index (χ2n) is 25.1. The van der Waals surface area contributed by atoms with Gasteiger partial charge >= 0.3 is 0 Å². The molecule has 0 radical (unpaired) electrons. The van der Waals surface area contributed by atoms with E-state index in [0.717, 1.165) is 58.1 Å². The van der Waals surface area contributed by atoms with Crippen LogP contribution in [0.1, 0.15) is 99.9 Å². The molecule has 462 valence electrons. The van der Waals surface area contributed by atoms with Crippen molar-refractivity contribution >= 4 is 0 Å². The molecule has 0 bridgehead atoms. The second kappa shape index (κ2) is 28.0. The Labute approximate surface area is 518 Å². The molecule has 2 heterocycles. The zero-order chi connectivity index (χ0) is 61.9. The van der Waals surface area contributed by atoms with E-state index in [9.17, 15) is 15.3 Å². The summed E-state index contributed by atoms with van der Waals surface area (Å²) < 4.78 is 57.8. The van der Waals surface area contributed by atoms with Crippen LogP contribution in [0.4, 0.5) is 0 Å². The van der Waals surface area contributed by atoms with Gasteiger partial charge in [-0.2, -0.15) is 0 Å². The maximum atomic E-state index is 10.8. The van der Waals surface area contributed by atoms with Crippen LogP contribution in [0.5, 0.6) is 46.0 Å². The van der Waals surface area contributed by atoms with Crippen LogP contribution in [0.3, 0.4) is 0 Å². The summed E-state index contributed by atoms with van der Waals surface area (Å²) in [5, 5.41) is 32.3. The molecule has 10 rings (SSSR count). The molecule has 88 heavy (non-hydrogen) atoms. The zero-order valence-corrected chi connectivity index (χ0v) is 51.9. The van der Waals surface area contributed by atoms with Crippen molar-refractivity contribution in [3.05, 3.63) is 239 Å². The van der Waals surface area contributed by atoms with E-state index in [4.69, 9.17) is 47.4 Å². The predicted molar refractivity (Wildman–Crippen MR) is 342 cm³/mol. The van der Waals surface area contributed by atoms with Crippen molar-refractivity contribution in [2.24, 2.45) is 0 Å². The molecule has 2 fully saturated rings. The lowest BCUT2D eigenvalue weighted by atomic mass is 9.78. The standard InChI is InChI=1S/C75H84O13/c1-72(2,53-13-29-64(30-14-53)81-43-60(77)45-83-66-33-17-55(18-34-66)74(5,6)57-21-37-68(38-22-57)85-47-70-49-87-70)51-9-25-62(26-10-51)79-41-59(76)42-80-63-27-11-52(12-28-63)73(3,4)54-15-31-65(32-16-54)82-44-61(78)46-84-67-35-19-56(20-36-67)75(7,8)58-23-39-69(40-24-58)86-48-71-50-88-71/h9-40,59-61,70-71,76-78H,41-50H2,1-8H3.